The zero-order valence-electron chi connectivity index (χ0n) is 35.1. The predicted molar refractivity (Wildman–Crippen MR) is 208 cm³/mol. The van der Waals surface area contributed by atoms with Gasteiger partial charge >= 0.3 is 36.3 Å². The molecular formula is C38H60N6O13. The van der Waals surface area contributed by atoms with Crippen LogP contribution >= 0.6 is 0 Å². The average molecular weight is 809 g/mol. The molecule has 1 atom stereocenters. The van der Waals surface area contributed by atoms with Gasteiger partial charge in [-0.05, 0) is 88.6 Å². The number of carbonyl (C=O) groups excluding carboxylic acids is 6. The molecule has 19 nitrogen and oxygen atoms in total. The first kappa shape index (κ1) is 49.6. The Kier molecular flexibility index (Phi) is 19.9. The number of guanidine groups is 2. The summed E-state index contributed by atoms with van der Waals surface area (Å²) >= 11 is 0. The summed E-state index contributed by atoms with van der Waals surface area (Å²) < 4.78 is 37.5. The standard InChI is InChI=1S/C38H60N6O13/c1-35(2,3)54-31(47)41-29(42-32(48)55-36(4,5)6)39-20-18-27(45)52-24-26(23-51-22-25-16-14-13-15-17-25)53-28(46)19-21-40-30(43-33(49)56-37(7,8)9)44-34(50)57-38(10,11)12/h13-17,26H,18-24H2,1-12H3,(H2,39,41,42,47,48)(H2,40,43,44,49,50). The first-order chi connectivity index (χ1) is 26.2. The second kappa shape index (κ2) is 22.9. The molecule has 0 aliphatic carbocycles. The molecule has 320 valence electrons. The zero-order chi connectivity index (χ0) is 43.5. The number of hydrogen-bond acceptors (Lipinski definition) is 15. The molecule has 0 aliphatic rings. The fraction of sp³-hybridized carbons (Fsp3) is 0.632. The third kappa shape index (κ3) is 27.7. The molecule has 1 rings (SSSR count). The summed E-state index contributed by atoms with van der Waals surface area (Å²) in [6.45, 7) is 19.0. The van der Waals surface area contributed by atoms with Gasteiger partial charge in [0.05, 0.1) is 39.1 Å². The lowest BCUT2D eigenvalue weighted by atomic mass is 10.2. The molecular weight excluding hydrogens is 748 g/mol. The van der Waals surface area contributed by atoms with Gasteiger partial charge in [-0.25, -0.2) is 19.2 Å². The van der Waals surface area contributed by atoms with Gasteiger partial charge in [-0.15, -0.1) is 0 Å². The first-order valence-electron chi connectivity index (χ1n) is 18.2. The van der Waals surface area contributed by atoms with E-state index in [0.29, 0.717) is 0 Å². The lowest BCUT2D eigenvalue weighted by Crippen LogP contribution is -2.47. The van der Waals surface area contributed by atoms with E-state index in [0.717, 1.165) is 5.56 Å². The molecule has 0 bridgehead atoms. The van der Waals surface area contributed by atoms with Crippen LogP contribution in [0.5, 0.6) is 0 Å². The lowest BCUT2D eigenvalue weighted by Gasteiger charge is -2.22. The van der Waals surface area contributed by atoms with Crippen LogP contribution in [-0.4, -0.2) is 103 Å². The summed E-state index contributed by atoms with van der Waals surface area (Å²) in [5.41, 5.74) is -2.53. The molecule has 4 N–H and O–H groups in total. The van der Waals surface area contributed by atoms with E-state index in [1.54, 1.807) is 83.1 Å². The van der Waals surface area contributed by atoms with Crippen molar-refractivity contribution in [3.05, 3.63) is 35.9 Å². The van der Waals surface area contributed by atoms with Gasteiger partial charge in [0.25, 0.3) is 0 Å². The van der Waals surface area contributed by atoms with Crippen LogP contribution in [-0.2, 0) is 49.4 Å². The number of esters is 2. The number of aliphatic imine (C=N–C) groups is 2. The Bertz CT molecular complexity index is 1490. The Labute approximate surface area is 334 Å². The molecule has 57 heavy (non-hydrogen) atoms. The largest absolute Gasteiger partial charge is 0.462 e. The molecule has 0 fully saturated rings. The maximum absolute atomic E-state index is 12.9. The predicted octanol–water partition coefficient (Wildman–Crippen LogP) is 5.25. The fourth-order valence-corrected chi connectivity index (χ4v) is 3.84. The minimum absolute atomic E-state index is 0.148. The molecule has 1 aromatic rings. The fourth-order valence-electron chi connectivity index (χ4n) is 3.84. The van der Waals surface area contributed by atoms with Gasteiger partial charge in [-0.2, -0.15) is 0 Å². The van der Waals surface area contributed by atoms with Crippen molar-refractivity contribution in [3.63, 3.8) is 0 Å². The normalized spacial score (nSPS) is 12.1. The van der Waals surface area contributed by atoms with E-state index in [1.807, 2.05) is 30.3 Å². The minimum Gasteiger partial charge on any atom is -0.462 e. The highest BCUT2D eigenvalue weighted by Crippen LogP contribution is 2.10. The number of alkyl carbamates (subject to hydrolysis) is 4. The van der Waals surface area contributed by atoms with Gasteiger partial charge in [0.1, 0.15) is 29.0 Å². The van der Waals surface area contributed by atoms with Crippen LogP contribution in [0, 0.1) is 0 Å². The van der Waals surface area contributed by atoms with Crippen molar-refractivity contribution in [1.82, 2.24) is 21.3 Å². The van der Waals surface area contributed by atoms with Crippen molar-refractivity contribution in [1.29, 1.82) is 0 Å². The Morgan fingerprint density at radius 2 is 0.912 bits per heavy atom. The minimum atomic E-state index is -1.05. The van der Waals surface area contributed by atoms with Crippen molar-refractivity contribution in [2.45, 2.75) is 131 Å². The van der Waals surface area contributed by atoms with Crippen LogP contribution in [0.1, 0.15) is 101 Å². The summed E-state index contributed by atoms with van der Waals surface area (Å²) in [4.78, 5) is 83.3. The molecule has 19 heteroatoms. The third-order valence-corrected chi connectivity index (χ3v) is 5.79. The van der Waals surface area contributed by atoms with Crippen molar-refractivity contribution >= 4 is 48.2 Å². The SMILES string of the molecule is CC(C)(C)OC(=O)NC(=NCCC(=O)OCC(COCc1ccccc1)OC(=O)CCN=C(NC(=O)OC(C)(C)C)NC(=O)OC(C)(C)C)NC(=O)OC(C)(C)C. The van der Waals surface area contributed by atoms with Gasteiger partial charge in [0, 0.05) is 0 Å². The summed E-state index contributed by atoms with van der Waals surface area (Å²) in [5.74, 6) is -2.14. The number of nitrogens with zero attached hydrogens (tertiary/aromatic N) is 2. The number of carbonyl (C=O) groups is 6. The van der Waals surface area contributed by atoms with Crippen LogP contribution in [0.2, 0.25) is 0 Å². The van der Waals surface area contributed by atoms with Crippen LogP contribution in [0.4, 0.5) is 19.2 Å². The van der Waals surface area contributed by atoms with Crippen LogP contribution in [0.25, 0.3) is 0 Å². The Balaban J connectivity index is 2.99. The number of benzene rings is 1. The number of nitrogens with one attached hydrogen (secondary N) is 4. The smallest absolute Gasteiger partial charge is 0.414 e. The van der Waals surface area contributed by atoms with Gasteiger partial charge in [-0.1, -0.05) is 30.3 Å². The monoisotopic (exact) mass is 808 g/mol. The van der Waals surface area contributed by atoms with Crippen LogP contribution in [0.3, 0.4) is 0 Å². The highest BCUT2D eigenvalue weighted by Gasteiger charge is 2.24. The van der Waals surface area contributed by atoms with Crippen LogP contribution < -0.4 is 21.3 Å². The summed E-state index contributed by atoms with van der Waals surface area (Å²) in [6, 6.07) is 9.21. The van der Waals surface area contributed by atoms with Crippen molar-refractivity contribution in [3.8, 4) is 0 Å². The quantitative estimate of drug-likeness (QED) is 0.0863. The Morgan fingerprint density at radius 1 is 0.544 bits per heavy atom. The summed E-state index contributed by atoms with van der Waals surface area (Å²) in [7, 11) is 0. The molecule has 0 heterocycles. The zero-order valence-corrected chi connectivity index (χ0v) is 35.1. The van der Waals surface area contributed by atoms with E-state index in [2.05, 4.69) is 31.3 Å². The van der Waals surface area contributed by atoms with E-state index in [-0.39, 0.29) is 51.1 Å². The Hall–Kier alpha value is -5.46. The number of amides is 4. The van der Waals surface area contributed by atoms with E-state index in [1.165, 1.54) is 0 Å². The molecule has 1 unspecified atom stereocenters. The lowest BCUT2D eigenvalue weighted by molar-refractivity contribution is -0.162. The summed E-state index contributed by atoms with van der Waals surface area (Å²) in [5, 5.41) is 9.29. The molecule has 0 radical (unpaired) electrons. The van der Waals surface area contributed by atoms with Crippen molar-refractivity contribution in [2.75, 3.05) is 26.3 Å². The molecule has 0 spiro atoms. The second-order valence-corrected chi connectivity index (χ2v) is 16.3. The number of hydrogen-bond donors (Lipinski definition) is 4. The highest BCUT2D eigenvalue weighted by atomic mass is 16.6. The molecule has 4 amide bonds. The van der Waals surface area contributed by atoms with Gasteiger partial charge in [0.15, 0.2) is 6.10 Å². The van der Waals surface area contributed by atoms with E-state index >= 15 is 0 Å². The Morgan fingerprint density at radius 3 is 1.28 bits per heavy atom. The van der Waals surface area contributed by atoms with Crippen LogP contribution in [0.15, 0.2) is 40.3 Å². The average Bonchev–Trinajstić information content (AvgIpc) is 3.00. The number of rotatable bonds is 13. The van der Waals surface area contributed by atoms with Crippen molar-refractivity contribution < 1.29 is 61.9 Å². The molecule has 0 saturated carbocycles. The van der Waals surface area contributed by atoms with Crippen molar-refractivity contribution in [2.24, 2.45) is 9.98 Å². The van der Waals surface area contributed by atoms with Gasteiger partial charge < -0.3 is 33.2 Å². The third-order valence-electron chi connectivity index (χ3n) is 5.79. The molecule has 0 saturated heterocycles. The number of ether oxygens (including phenoxy) is 7. The highest BCUT2D eigenvalue weighted by molar-refractivity contribution is 6.02. The maximum atomic E-state index is 12.9. The molecule has 0 aliphatic heterocycles. The topological polar surface area (TPSA) is 240 Å². The first-order valence-corrected chi connectivity index (χ1v) is 18.2. The van der Waals surface area contributed by atoms with Gasteiger partial charge in [0.2, 0.25) is 11.9 Å². The van der Waals surface area contributed by atoms with Gasteiger partial charge in [-0.3, -0.25) is 40.8 Å². The molecule has 1 aromatic carbocycles. The van der Waals surface area contributed by atoms with E-state index < -0.39 is 71.4 Å². The second-order valence-electron chi connectivity index (χ2n) is 16.3. The van der Waals surface area contributed by atoms with E-state index in [4.69, 9.17) is 33.2 Å². The molecule has 0 aromatic heterocycles. The maximum Gasteiger partial charge on any atom is 0.414 e. The van der Waals surface area contributed by atoms with E-state index in [9.17, 15) is 28.8 Å². The summed E-state index contributed by atoms with van der Waals surface area (Å²) in [6.07, 6.45) is -5.27.